The van der Waals surface area contributed by atoms with Crippen LogP contribution in [-0.2, 0) is 4.79 Å². The maximum atomic E-state index is 12.3. The first-order valence-corrected chi connectivity index (χ1v) is 7.43. The summed E-state index contributed by atoms with van der Waals surface area (Å²) in [6, 6.07) is 10.0. The zero-order valence-corrected chi connectivity index (χ0v) is 13.2. The maximum absolute atomic E-state index is 12.3. The fourth-order valence-electron chi connectivity index (χ4n) is 2.29. The summed E-state index contributed by atoms with van der Waals surface area (Å²) in [5, 5.41) is 23.1. The van der Waals surface area contributed by atoms with Crippen LogP contribution in [0.1, 0.15) is 5.56 Å². The molecular formula is C18H12N2O6. The number of non-ortho nitro benzene ring substituents is 1. The lowest BCUT2D eigenvalue weighted by atomic mass is 10.1. The summed E-state index contributed by atoms with van der Waals surface area (Å²) >= 11 is 0. The van der Waals surface area contributed by atoms with Gasteiger partial charge in [0.15, 0.2) is 5.43 Å². The summed E-state index contributed by atoms with van der Waals surface area (Å²) in [5.41, 5.74) is 0.0522. The highest BCUT2D eigenvalue weighted by atomic mass is 16.6. The fraction of sp³-hybridized carbons (Fsp3) is 0. The number of carbonyl (C=O) groups is 1. The highest BCUT2D eigenvalue weighted by molar-refractivity contribution is 6.03. The molecule has 0 aliphatic heterocycles. The molecule has 0 aliphatic rings. The Hall–Kier alpha value is -3.94. The number of fused-ring (bicyclic) bond motifs is 1. The first-order valence-electron chi connectivity index (χ1n) is 7.43. The lowest BCUT2D eigenvalue weighted by molar-refractivity contribution is -0.384. The molecule has 0 atom stereocenters. The molecule has 0 fully saturated rings. The predicted octanol–water partition coefficient (Wildman–Crippen LogP) is 3.06. The van der Waals surface area contributed by atoms with E-state index in [1.807, 2.05) is 0 Å². The van der Waals surface area contributed by atoms with Gasteiger partial charge in [0.1, 0.15) is 17.6 Å². The number of para-hydroxylation sites is 1. The van der Waals surface area contributed by atoms with Crippen LogP contribution in [-0.4, -0.2) is 15.9 Å². The van der Waals surface area contributed by atoms with Gasteiger partial charge in [0, 0.05) is 12.1 Å². The summed E-state index contributed by atoms with van der Waals surface area (Å²) < 4.78 is 5.34. The Balaban J connectivity index is 1.79. The monoisotopic (exact) mass is 352 g/mol. The fourth-order valence-corrected chi connectivity index (χ4v) is 2.29. The van der Waals surface area contributed by atoms with Gasteiger partial charge in [-0.05, 0) is 24.3 Å². The number of anilines is 1. The number of nitro groups is 1. The van der Waals surface area contributed by atoms with Gasteiger partial charge in [-0.1, -0.05) is 12.1 Å². The summed E-state index contributed by atoms with van der Waals surface area (Å²) in [5.74, 6) is -1.06. The number of benzene rings is 2. The average molecular weight is 352 g/mol. The molecule has 0 aliphatic carbocycles. The second kappa shape index (κ2) is 6.89. The molecule has 26 heavy (non-hydrogen) atoms. The minimum Gasteiger partial charge on any atom is -0.506 e. The third-order valence-electron chi connectivity index (χ3n) is 3.57. The second-order valence-electron chi connectivity index (χ2n) is 5.30. The van der Waals surface area contributed by atoms with E-state index >= 15 is 0 Å². The van der Waals surface area contributed by atoms with Crippen molar-refractivity contribution in [1.29, 1.82) is 0 Å². The quantitative estimate of drug-likeness (QED) is 0.322. The smallest absolute Gasteiger partial charge is 0.273 e. The first kappa shape index (κ1) is 16.9. The van der Waals surface area contributed by atoms with Gasteiger partial charge < -0.3 is 14.8 Å². The van der Waals surface area contributed by atoms with E-state index in [4.69, 9.17) is 4.42 Å². The molecule has 130 valence electrons. The highest BCUT2D eigenvalue weighted by Crippen LogP contribution is 2.27. The molecule has 3 rings (SSSR count). The zero-order chi connectivity index (χ0) is 18.7. The molecular weight excluding hydrogens is 340 g/mol. The van der Waals surface area contributed by atoms with E-state index < -0.39 is 16.6 Å². The van der Waals surface area contributed by atoms with E-state index in [-0.39, 0.29) is 22.4 Å². The highest BCUT2D eigenvalue weighted by Gasteiger charge is 2.11. The summed E-state index contributed by atoms with van der Waals surface area (Å²) in [4.78, 5) is 34.2. The number of carbonyl (C=O) groups excluding carboxylic acids is 1. The Morgan fingerprint density at radius 3 is 2.73 bits per heavy atom. The van der Waals surface area contributed by atoms with Gasteiger partial charge in [-0.2, -0.15) is 0 Å². The number of aromatic hydroxyl groups is 1. The van der Waals surface area contributed by atoms with Crippen molar-refractivity contribution in [3.8, 4) is 5.75 Å². The van der Waals surface area contributed by atoms with Crippen molar-refractivity contribution in [3.63, 3.8) is 0 Å². The van der Waals surface area contributed by atoms with Crippen LogP contribution in [0.3, 0.4) is 0 Å². The van der Waals surface area contributed by atoms with E-state index in [1.54, 1.807) is 24.3 Å². The Morgan fingerprint density at radius 1 is 1.23 bits per heavy atom. The number of phenols is 1. The summed E-state index contributed by atoms with van der Waals surface area (Å²) in [6.45, 7) is 0. The van der Waals surface area contributed by atoms with Crippen molar-refractivity contribution in [2.45, 2.75) is 0 Å². The number of nitrogens with zero attached hydrogens (tertiary/aromatic N) is 1. The zero-order valence-electron chi connectivity index (χ0n) is 13.2. The third-order valence-corrected chi connectivity index (χ3v) is 3.57. The lowest BCUT2D eigenvalue weighted by Crippen LogP contribution is -2.09. The SMILES string of the molecule is O=C(/C=C/c1coc2ccccc2c1=O)Nc1ccc([N+](=O)[O-])cc1O. The van der Waals surface area contributed by atoms with E-state index in [2.05, 4.69) is 5.32 Å². The second-order valence-corrected chi connectivity index (χ2v) is 5.30. The van der Waals surface area contributed by atoms with Crippen molar-refractivity contribution in [3.05, 3.63) is 80.7 Å². The van der Waals surface area contributed by atoms with Gasteiger partial charge in [0.2, 0.25) is 5.91 Å². The Morgan fingerprint density at radius 2 is 2.00 bits per heavy atom. The molecule has 2 N–H and O–H groups in total. The van der Waals surface area contributed by atoms with Crippen molar-refractivity contribution < 1.29 is 19.2 Å². The van der Waals surface area contributed by atoms with Gasteiger partial charge in [0.05, 0.1) is 27.6 Å². The van der Waals surface area contributed by atoms with Crippen LogP contribution in [0.15, 0.2) is 64.0 Å². The largest absolute Gasteiger partial charge is 0.506 e. The Kier molecular flexibility index (Phi) is 4.48. The third kappa shape index (κ3) is 3.44. The predicted molar refractivity (Wildman–Crippen MR) is 94.9 cm³/mol. The van der Waals surface area contributed by atoms with Crippen LogP contribution in [0.5, 0.6) is 5.75 Å². The number of rotatable bonds is 4. The normalized spacial score (nSPS) is 10.9. The molecule has 0 unspecified atom stereocenters. The minimum atomic E-state index is -0.662. The number of hydrogen-bond donors (Lipinski definition) is 2. The minimum absolute atomic E-state index is 0.01000. The van der Waals surface area contributed by atoms with E-state index in [0.717, 1.165) is 18.2 Å². The van der Waals surface area contributed by atoms with Crippen molar-refractivity contribution in [2.75, 3.05) is 5.32 Å². The van der Waals surface area contributed by atoms with Crippen molar-refractivity contribution >= 4 is 34.3 Å². The molecule has 0 radical (unpaired) electrons. The summed E-state index contributed by atoms with van der Waals surface area (Å²) in [6.07, 6.45) is 3.63. The van der Waals surface area contributed by atoms with Gasteiger partial charge in [0.25, 0.3) is 5.69 Å². The van der Waals surface area contributed by atoms with Crippen LogP contribution in [0.4, 0.5) is 11.4 Å². The van der Waals surface area contributed by atoms with Crippen LogP contribution < -0.4 is 10.7 Å². The average Bonchev–Trinajstić information content (AvgIpc) is 2.63. The molecule has 1 amide bonds. The molecule has 0 saturated heterocycles. The van der Waals surface area contributed by atoms with E-state index in [9.17, 15) is 24.8 Å². The molecule has 0 bridgehead atoms. The molecule has 3 aromatic rings. The molecule has 2 aromatic carbocycles. The molecule has 8 nitrogen and oxygen atoms in total. The summed E-state index contributed by atoms with van der Waals surface area (Å²) in [7, 11) is 0. The molecule has 0 spiro atoms. The van der Waals surface area contributed by atoms with E-state index in [1.165, 1.54) is 18.4 Å². The van der Waals surface area contributed by atoms with E-state index in [0.29, 0.717) is 11.0 Å². The number of nitrogens with one attached hydrogen (secondary N) is 1. The van der Waals surface area contributed by atoms with Gasteiger partial charge in [-0.3, -0.25) is 19.7 Å². The van der Waals surface area contributed by atoms with Crippen LogP contribution >= 0.6 is 0 Å². The topological polar surface area (TPSA) is 123 Å². The number of nitro benzene ring substituents is 1. The van der Waals surface area contributed by atoms with Crippen molar-refractivity contribution in [2.24, 2.45) is 0 Å². The number of hydrogen-bond acceptors (Lipinski definition) is 6. The molecule has 1 aromatic heterocycles. The van der Waals surface area contributed by atoms with Crippen LogP contribution in [0, 0.1) is 10.1 Å². The Labute approximate surface area is 146 Å². The van der Waals surface area contributed by atoms with Crippen molar-refractivity contribution in [1.82, 2.24) is 0 Å². The molecule has 0 saturated carbocycles. The standard InChI is InChI=1S/C18H12N2O6/c21-15-9-12(20(24)25)6-7-14(15)19-17(22)8-5-11-10-26-16-4-2-1-3-13(16)18(11)23/h1-10,21H,(H,19,22)/b8-5+. The maximum Gasteiger partial charge on any atom is 0.273 e. The van der Waals surface area contributed by atoms with Crippen LogP contribution in [0.25, 0.3) is 17.0 Å². The van der Waals surface area contributed by atoms with Gasteiger partial charge >= 0.3 is 0 Å². The van der Waals surface area contributed by atoms with Crippen LogP contribution in [0.2, 0.25) is 0 Å². The lowest BCUT2D eigenvalue weighted by Gasteiger charge is -2.04. The first-order chi connectivity index (χ1) is 12.5. The van der Waals surface area contributed by atoms with Gasteiger partial charge in [-0.15, -0.1) is 0 Å². The number of phenolic OH excluding ortho intramolecular Hbond substituents is 1. The molecule has 8 heteroatoms. The molecule has 1 heterocycles. The van der Waals surface area contributed by atoms with Gasteiger partial charge in [-0.25, -0.2) is 0 Å². The Bertz CT molecular complexity index is 1100. The number of amides is 1.